The lowest BCUT2D eigenvalue weighted by molar-refractivity contribution is 0.444. The highest BCUT2D eigenvalue weighted by atomic mass is 15.1. The van der Waals surface area contributed by atoms with E-state index in [0.29, 0.717) is 12.0 Å². The Labute approximate surface area is 91.3 Å². The van der Waals surface area contributed by atoms with Gasteiger partial charge in [-0.25, -0.2) is 9.97 Å². The molecule has 15 heavy (non-hydrogen) atoms. The van der Waals surface area contributed by atoms with E-state index in [1.165, 1.54) is 19.3 Å². The monoisotopic (exact) mass is 205 g/mol. The molecule has 0 unspecified atom stereocenters. The van der Waals surface area contributed by atoms with Crippen LogP contribution in [0.4, 0.5) is 5.82 Å². The smallest absolute Gasteiger partial charge is 0.133 e. The van der Waals surface area contributed by atoms with Gasteiger partial charge in [-0.3, -0.25) is 0 Å². The normalized spacial score (nSPS) is 16.5. The first-order chi connectivity index (χ1) is 7.15. The van der Waals surface area contributed by atoms with Crippen molar-refractivity contribution in [3.63, 3.8) is 0 Å². The maximum absolute atomic E-state index is 4.53. The van der Waals surface area contributed by atoms with E-state index in [4.69, 9.17) is 0 Å². The summed E-state index contributed by atoms with van der Waals surface area (Å²) < 4.78 is 0. The fourth-order valence-corrected chi connectivity index (χ4v) is 1.69. The molecular formula is C12H19N3. The molecule has 0 amide bonds. The fourth-order valence-electron chi connectivity index (χ4n) is 1.69. The third-order valence-electron chi connectivity index (χ3n) is 2.85. The molecule has 0 aliphatic heterocycles. The van der Waals surface area contributed by atoms with Gasteiger partial charge in [0.2, 0.25) is 0 Å². The molecule has 0 spiro atoms. The summed E-state index contributed by atoms with van der Waals surface area (Å²) in [5.74, 6) is 2.33. The van der Waals surface area contributed by atoms with Crippen molar-refractivity contribution in [2.45, 2.75) is 52.0 Å². The van der Waals surface area contributed by atoms with Crippen molar-refractivity contribution in [1.29, 1.82) is 0 Å². The van der Waals surface area contributed by atoms with Crippen molar-refractivity contribution in [2.75, 3.05) is 5.32 Å². The van der Waals surface area contributed by atoms with Crippen LogP contribution in [-0.2, 0) is 0 Å². The number of rotatable bonds is 3. The minimum absolute atomic E-state index is 0.395. The lowest BCUT2D eigenvalue weighted by Gasteiger charge is -2.27. The zero-order valence-corrected chi connectivity index (χ0v) is 9.75. The molecule has 0 saturated heterocycles. The third kappa shape index (κ3) is 2.46. The highest BCUT2D eigenvalue weighted by Crippen LogP contribution is 2.23. The molecule has 3 nitrogen and oxygen atoms in total. The molecule has 1 aromatic heterocycles. The number of hydrogen-bond acceptors (Lipinski definition) is 3. The first-order valence-corrected chi connectivity index (χ1v) is 5.77. The quantitative estimate of drug-likeness (QED) is 0.824. The maximum atomic E-state index is 4.53. The van der Waals surface area contributed by atoms with E-state index >= 15 is 0 Å². The van der Waals surface area contributed by atoms with Gasteiger partial charge >= 0.3 is 0 Å². The summed E-state index contributed by atoms with van der Waals surface area (Å²) >= 11 is 0. The van der Waals surface area contributed by atoms with E-state index in [1.54, 1.807) is 0 Å². The zero-order valence-electron chi connectivity index (χ0n) is 9.75. The Balaban J connectivity index is 2.15. The average Bonchev–Trinajstić information content (AvgIpc) is 2.10. The molecule has 0 atom stereocenters. The van der Waals surface area contributed by atoms with Gasteiger partial charge in [-0.05, 0) is 26.2 Å². The van der Waals surface area contributed by atoms with Gasteiger partial charge in [0.15, 0.2) is 0 Å². The molecule has 0 aromatic carbocycles. The molecule has 3 heteroatoms. The number of aryl methyl sites for hydroxylation is 1. The Kier molecular flexibility index (Phi) is 2.89. The van der Waals surface area contributed by atoms with E-state index < -0.39 is 0 Å². The second-order valence-corrected chi connectivity index (χ2v) is 4.68. The van der Waals surface area contributed by atoms with E-state index in [-0.39, 0.29) is 0 Å². The molecule has 1 heterocycles. The van der Waals surface area contributed by atoms with Crippen LogP contribution >= 0.6 is 0 Å². The van der Waals surface area contributed by atoms with Crippen molar-refractivity contribution in [3.8, 4) is 0 Å². The van der Waals surface area contributed by atoms with Gasteiger partial charge in [-0.1, -0.05) is 13.8 Å². The molecule has 1 aliphatic rings. The highest BCUT2D eigenvalue weighted by molar-refractivity contribution is 5.37. The van der Waals surface area contributed by atoms with Crippen LogP contribution in [0.2, 0.25) is 0 Å². The molecule has 1 saturated carbocycles. The second-order valence-electron chi connectivity index (χ2n) is 4.68. The van der Waals surface area contributed by atoms with Gasteiger partial charge in [-0.15, -0.1) is 0 Å². The number of anilines is 1. The van der Waals surface area contributed by atoms with Crippen LogP contribution in [0.5, 0.6) is 0 Å². The fraction of sp³-hybridized carbons (Fsp3) is 0.667. The molecule has 1 aromatic rings. The first-order valence-electron chi connectivity index (χ1n) is 5.77. The van der Waals surface area contributed by atoms with E-state index in [0.717, 1.165) is 17.3 Å². The Morgan fingerprint density at radius 2 is 2.07 bits per heavy atom. The number of hydrogen-bond donors (Lipinski definition) is 1. The summed E-state index contributed by atoms with van der Waals surface area (Å²) in [5.41, 5.74) is 1.05. The number of nitrogens with zero attached hydrogens (tertiary/aromatic N) is 2. The van der Waals surface area contributed by atoms with Crippen molar-refractivity contribution >= 4 is 5.82 Å². The Bertz CT molecular complexity index is 343. The van der Waals surface area contributed by atoms with Crippen molar-refractivity contribution in [1.82, 2.24) is 9.97 Å². The molecular weight excluding hydrogens is 186 g/mol. The summed E-state index contributed by atoms with van der Waals surface area (Å²) in [6.45, 7) is 6.28. The highest BCUT2D eigenvalue weighted by Gasteiger charge is 2.17. The molecule has 1 aliphatic carbocycles. The summed E-state index contributed by atoms with van der Waals surface area (Å²) in [6, 6.07) is 2.67. The minimum Gasteiger partial charge on any atom is -0.367 e. The van der Waals surface area contributed by atoms with Gasteiger partial charge in [0.1, 0.15) is 11.6 Å². The Morgan fingerprint density at radius 3 is 2.60 bits per heavy atom. The third-order valence-corrected chi connectivity index (χ3v) is 2.85. The number of nitrogens with one attached hydrogen (secondary N) is 1. The van der Waals surface area contributed by atoms with Crippen molar-refractivity contribution in [3.05, 3.63) is 17.6 Å². The molecule has 2 rings (SSSR count). The van der Waals surface area contributed by atoms with Crippen molar-refractivity contribution in [2.24, 2.45) is 0 Å². The topological polar surface area (TPSA) is 37.8 Å². The van der Waals surface area contributed by atoms with Gasteiger partial charge in [-0.2, -0.15) is 0 Å². The average molecular weight is 205 g/mol. The first kappa shape index (κ1) is 10.4. The molecule has 82 valence electrons. The van der Waals surface area contributed by atoms with Crippen LogP contribution in [-0.4, -0.2) is 16.0 Å². The van der Waals surface area contributed by atoms with Crippen LogP contribution in [0, 0.1) is 6.92 Å². The standard InChI is InChI=1S/C12H19N3/c1-8(2)12-13-9(3)7-11(15-12)14-10-5-4-6-10/h7-8,10H,4-6H2,1-3H3,(H,13,14,15). The van der Waals surface area contributed by atoms with Crippen LogP contribution in [0.15, 0.2) is 6.07 Å². The summed E-state index contributed by atoms with van der Waals surface area (Å²) in [6.07, 6.45) is 3.90. The van der Waals surface area contributed by atoms with Crippen LogP contribution in [0.3, 0.4) is 0 Å². The lowest BCUT2D eigenvalue weighted by Crippen LogP contribution is -2.27. The van der Waals surface area contributed by atoms with Gasteiger partial charge in [0.25, 0.3) is 0 Å². The molecule has 0 bridgehead atoms. The van der Waals surface area contributed by atoms with Gasteiger partial charge in [0.05, 0.1) is 0 Å². The Morgan fingerprint density at radius 1 is 1.33 bits per heavy atom. The number of aromatic nitrogens is 2. The van der Waals surface area contributed by atoms with E-state index in [1.807, 2.05) is 13.0 Å². The Hall–Kier alpha value is -1.12. The van der Waals surface area contributed by atoms with E-state index in [9.17, 15) is 0 Å². The van der Waals surface area contributed by atoms with Crippen LogP contribution in [0.25, 0.3) is 0 Å². The zero-order chi connectivity index (χ0) is 10.8. The SMILES string of the molecule is Cc1cc(NC2CCC2)nc(C(C)C)n1. The maximum Gasteiger partial charge on any atom is 0.133 e. The van der Waals surface area contributed by atoms with Crippen LogP contribution in [0.1, 0.15) is 50.5 Å². The molecule has 1 N–H and O–H groups in total. The van der Waals surface area contributed by atoms with Crippen LogP contribution < -0.4 is 5.32 Å². The second kappa shape index (κ2) is 4.17. The van der Waals surface area contributed by atoms with E-state index in [2.05, 4.69) is 29.1 Å². The van der Waals surface area contributed by atoms with Crippen molar-refractivity contribution < 1.29 is 0 Å². The van der Waals surface area contributed by atoms with Gasteiger partial charge < -0.3 is 5.32 Å². The summed E-state index contributed by atoms with van der Waals surface area (Å²) in [4.78, 5) is 8.97. The molecule has 1 fully saturated rings. The predicted molar refractivity (Wildman–Crippen MR) is 62.1 cm³/mol. The summed E-state index contributed by atoms with van der Waals surface area (Å²) in [5, 5.41) is 3.46. The summed E-state index contributed by atoms with van der Waals surface area (Å²) in [7, 11) is 0. The van der Waals surface area contributed by atoms with Gasteiger partial charge in [0, 0.05) is 23.7 Å². The largest absolute Gasteiger partial charge is 0.367 e. The molecule has 0 radical (unpaired) electrons. The lowest BCUT2D eigenvalue weighted by atomic mass is 9.93. The predicted octanol–water partition coefficient (Wildman–Crippen LogP) is 2.87. The minimum atomic E-state index is 0.395.